The van der Waals surface area contributed by atoms with E-state index in [-0.39, 0.29) is 11.5 Å². The largest absolute Gasteiger partial charge is 0.507 e. The SMILES string of the molecule is C/C(=N/N=C(/C)c1cc(C)ccc1O)c1cc(C)ccc1O. The lowest BCUT2D eigenvalue weighted by Gasteiger charge is -2.06. The predicted molar refractivity (Wildman–Crippen MR) is 90.1 cm³/mol. The second-order valence-corrected chi connectivity index (χ2v) is 5.41. The summed E-state index contributed by atoms with van der Waals surface area (Å²) in [5.41, 5.74) is 4.63. The Morgan fingerprint density at radius 3 is 1.45 bits per heavy atom. The van der Waals surface area contributed by atoms with Crippen LogP contribution in [0.5, 0.6) is 11.5 Å². The number of aryl methyl sites for hydroxylation is 2. The van der Waals surface area contributed by atoms with Gasteiger partial charge in [0.25, 0.3) is 0 Å². The number of aromatic hydroxyl groups is 2. The highest BCUT2D eigenvalue weighted by molar-refractivity contribution is 6.04. The third-order valence-corrected chi connectivity index (χ3v) is 3.43. The van der Waals surface area contributed by atoms with Crippen LogP contribution in [0.15, 0.2) is 46.6 Å². The van der Waals surface area contributed by atoms with Crippen molar-refractivity contribution in [2.24, 2.45) is 10.2 Å². The van der Waals surface area contributed by atoms with Crippen LogP contribution >= 0.6 is 0 Å². The maximum absolute atomic E-state index is 9.90. The number of nitrogens with zero attached hydrogens (tertiary/aromatic N) is 2. The second-order valence-electron chi connectivity index (χ2n) is 5.41. The van der Waals surface area contributed by atoms with Gasteiger partial charge in [0.05, 0.1) is 11.4 Å². The van der Waals surface area contributed by atoms with Crippen LogP contribution in [0.1, 0.15) is 36.1 Å². The minimum Gasteiger partial charge on any atom is -0.507 e. The van der Waals surface area contributed by atoms with Crippen molar-refractivity contribution in [2.75, 3.05) is 0 Å². The number of benzene rings is 2. The Bertz CT molecular complexity index is 696. The number of rotatable bonds is 3. The van der Waals surface area contributed by atoms with Gasteiger partial charge in [-0.2, -0.15) is 10.2 Å². The molecule has 0 atom stereocenters. The van der Waals surface area contributed by atoms with Crippen molar-refractivity contribution in [3.05, 3.63) is 58.7 Å². The van der Waals surface area contributed by atoms with Crippen molar-refractivity contribution in [3.8, 4) is 11.5 Å². The fourth-order valence-corrected chi connectivity index (χ4v) is 2.14. The van der Waals surface area contributed by atoms with Gasteiger partial charge >= 0.3 is 0 Å². The van der Waals surface area contributed by atoms with E-state index < -0.39 is 0 Å². The van der Waals surface area contributed by atoms with Crippen molar-refractivity contribution >= 4 is 11.4 Å². The molecule has 2 rings (SSSR count). The van der Waals surface area contributed by atoms with E-state index in [4.69, 9.17) is 0 Å². The van der Waals surface area contributed by atoms with Crippen LogP contribution in [0.25, 0.3) is 0 Å². The van der Waals surface area contributed by atoms with E-state index in [1.54, 1.807) is 26.0 Å². The first-order valence-corrected chi connectivity index (χ1v) is 7.07. The normalized spacial score (nSPS) is 12.5. The summed E-state index contributed by atoms with van der Waals surface area (Å²) in [6, 6.07) is 10.7. The number of hydrogen-bond donors (Lipinski definition) is 2. The van der Waals surface area contributed by atoms with Crippen LogP contribution in [-0.4, -0.2) is 21.6 Å². The summed E-state index contributed by atoms with van der Waals surface area (Å²) in [7, 11) is 0. The Hall–Kier alpha value is -2.62. The number of phenolic OH excluding ortho intramolecular Hbond substituents is 2. The summed E-state index contributed by atoms with van der Waals surface area (Å²) in [4.78, 5) is 0. The Balaban J connectivity index is 2.36. The zero-order chi connectivity index (χ0) is 16.3. The zero-order valence-electron chi connectivity index (χ0n) is 13.3. The summed E-state index contributed by atoms with van der Waals surface area (Å²) in [5, 5.41) is 28.2. The average molecular weight is 296 g/mol. The molecule has 4 heteroatoms. The van der Waals surface area contributed by atoms with Gasteiger partial charge in [0.1, 0.15) is 11.5 Å². The molecule has 0 bridgehead atoms. The quantitative estimate of drug-likeness (QED) is 0.665. The maximum Gasteiger partial charge on any atom is 0.124 e. The Morgan fingerprint density at radius 1 is 0.727 bits per heavy atom. The first kappa shape index (κ1) is 15.8. The summed E-state index contributed by atoms with van der Waals surface area (Å²) < 4.78 is 0. The van der Waals surface area contributed by atoms with Crippen molar-refractivity contribution in [2.45, 2.75) is 27.7 Å². The predicted octanol–water partition coefficient (Wildman–Crippen LogP) is 3.95. The van der Waals surface area contributed by atoms with Gasteiger partial charge in [-0.25, -0.2) is 0 Å². The standard InChI is InChI=1S/C18H20N2O2/c1-11-5-7-17(21)15(9-11)13(3)19-20-14(4)16-10-12(2)6-8-18(16)22/h5-10,21-22H,1-4H3/b19-13-,20-14-. The van der Waals surface area contributed by atoms with Crippen molar-refractivity contribution < 1.29 is 10.2 Å². The third kappa shape index (κ3) is 3.52. The van der Waals surface area contributed by atoms with Crippen LogP contribution in [-0.2, 0) is 0 Å². The molecule has 0 fully saturated rings. The molecule has 0 saturated heterocycles. The van der Waals surface area contributed by atoms with Gasteiger partial charge in [-0.1, -0.05) is 23.3 Å². The van der Waals surface area contributed by atoms with Crippen LogP contribution in [0, 0.1) is 13.8 Å². The van der Waals surface area contributed by atoms with Gasteiger partial charge in [-0.05, 0) is 52.0 Å². The Labute approximate surface area is 130 Å². The lowest BCUT2D eigenvalue weighted by molar-refractivity contribution is 0.473. The first-order chi connectivity index (χ1) is 10.4. The van der Waals surface area contributed by atoms with Gasteiger partial charge in [-0.3, -0.25) is 0 Å². The Morgan fingerprint density at radius 2 is 1.09 bits per heavy atom. The molecule has 0 spiro atoms. The molecular weight excluding hydrogens is 276 g/mol. The van der Waals surface area contributed by atoms with E-state index in [2.05, 4.69) is 10.2 Å². The van der Waals surface area contributed by atoms with Crippen LogP contribution in [0.4, 0.5) is 0 Å². The first-order valence-electron chi connectivity index (χ1n) is 7.07. The van der Waals surface area contributed by atoms with Crippen molar-refractivity contribution in [1.29, 1.82) is 0 Å². The molecule has 2 N–H and O–H groups in total. The van der Waals surface area contributed by atoms with Crippen LogP contribution in [0.3, 0.4) is 0 Å². The van der Waals surface area contributed by atoms with E-state index in [0.717, 1.165) is 11.1 Å². The summed E-state index contributed by atoms with van der Waals surface area (Å²) in [6.45, 7) is 7.49. The minimum absolute atomic E-state index is 0.179. The summed E-state index contributed by atoms with van der Waals surface area (Å²) >= 11 is 0. The molecule has 2 aromatic carbocycles. The van der Waals surface area contributed by atoms with E-state index in [1.807, 2.05) is 38.1 Å². The lowest BCUT2D eigenvalue weighted by Crippen LogP contribution is -1.98. The highest BCUT2D eigenvalue weighted by Crippen LogP contribution is 2.21. The van der Waals surface area contributed by atoms with E-state index >= 15 is 0 Å². The lowest BCUT2D eigenvalue weighted by atomic mass is 10.1. The van der Waals surface area contributed by atoms with Crippen LogP contribution < -0.4 is 0 Å². The van der Waals surface area contributed by atoms with Gasteiger partial charge in [0, 0.05) is 11.1 Å². The van der Waals surface area contributed by atoms with E-state index in [0.29, 0.717) is 22.6 Å². The van der Waals surface area contributed by atoms with Crippen molar-refractivity contribution in [1.82, 2.24) is 0 Å². The fraction of sp³-hybridized carbons (Fsp3) is 0.222. The summed E-state index contributed by atoms with van der Waals surface area (Å²) in [5.74, 6) is 0.358. The molecule has 0 aromatic heterocycles. The monoisotopic (exact) mass is 296 g/mol. The van der Waals surface area contributed by atoms with Gasteiger partial charge in [-0.15, -0.1) is 0 Å². The van der Waals surface area contributed by atoms with Crippen LogP contribution in [0.2, 0.25) is 0 Å². The average Bonchev–Trinajstić information content (AvgIpc) is 2.49. The minimum atomic E-state index is 0.179. The molecule has 22 heavy (non-hydrogen) atoms. The molecule has 114 valence electrons. The highest BCUT2D eigenvalue weighted by atomic mass is 16.3. The molecule has 0 aliphatic carbocycles. The highest BCUT2D eigenvalue weighted by Gasteiger charge is 2.07. The van der Waals surface area contributed by atoms with E-state index in [9.17, 15) is 10.2 Å². The van der Waals surface area contributed by atoms with Gasteiger partial charge in [0.15, 0.2) is 0 Å². The number of phenols is 2. The molecule has 0 radical (unpaired) electrons. The molecular formula is C18H20N2O2. The zero-order valence-corrected chi connectivity index (χ0v) is 13.3. The molecule has 0 heterocycles. The fourth-order valence-electron chi connectivity index (χ4n) is 2.14. The number of hydrogen-bond acceptors (Lipinski definition) is 4. The topological polar surface area (TPSA) is 65.2 Å². The molecule has 0 aliphatic rings. The second kappa shape index (κ2) is 6.43. The maximum atomic E-state index is 9.90. The van der Waals surface area contributed by atoms with Gasteiger partial charge in [0.2, 0.25) is 0 Å². The third-order valence-electron chi connectivity index (χ3n) is 3.43. The molecule has 0 amide bonds. The smallest absolute Gasteiger partial charge is 0.124 e. The summed E-state index contributed by atoms with van der Waals surface area (Å²) in [6.07, 6.45) is 0. The van der Waals surface area contributed by atoms with Crippen molar-refractivity contribution in [3.63, 3.8) is 0 Å². The Kier molecular flexibility index (Phi) is 4.61. The van der Waals surface area contributed by atoms with E-state index in [1.165, 1.54) is 0 Å². The molecule has 4 nitrogen and oxygen atoms in total. The molecule has 2 aromatic rings. The molecule has 0 aliphatic heterocycles. The van der Waals surface area contributed by atoms with Gasteiger partial charge < -0.3 is 10.2 Å². The molecule has 0 saturated carbocycles. The molecule has 0 unspecified atom stereocenters.